The minimum Gasteiger partial charge on any atom is -0.467 e. The van der Waals surface area contributed by atoms with E-state index in [1.807, 2.05) is 0 Å². The molecule has 1 atom stereocenters. The summed E-state index contributed by atoms with van der Waals surface area (Å²) < 4.78 is 4.55. The van der Waals surface area contributed by atoms with E-state index >= 15 is 0 Å². The van der Waals surface area contributed by atoms with Crippen molar-refractivity contribution < 1.29 is 23.9 Å². The number of carbonyl (C=O) groups excluding carboxylic acids is 4. The van der Waals surface area contributed by atoms with Crippen LogP contribution >= 0.6 is 0 Å². The monoisotopic (exact) mass is 271 g/mol. The first-order chi connectivity index (χ1) is 8.86. The fraction of sp³-hybridized carbons (Fsp3) is 0.636. The molecule has 0 spiro atoms. The van der Waals surface area contributed by atoms with Crippen LogP contribution in [0.15, 0.2) is 0 Å². The van der Waals surface area contributed by atoms with Crippen LogP contribution < -0.4 is 5.32 Å². The molecule has 1 aliphatic rings. The number of nitrogens with zero attached hydrogens (tertiary/aromatic N) is 2. The second-order valence-corrected chi connectivity index (χ2v) is 4.25. The molecular weight excluding hydrogens is 254 g/mol. The molecule has 8 nitrogen and oxygen atoms in total. The number of likely N-dealkylation sites (N-methyl/N-ethyl adjacent to an activating group) is 1. The molecule has 3 amide bonds. The van der Waals surface area contributed by atoms with Gasteiger partial charge >= 0.3 is 17.8 Å². The van der Waals surface area contributed by atoms with E-state index in [0.717, 1.165) is 0 Å². The van der Waals surface area contributed by atoms with Gasteiger partial charge in [-0.2, -0.15) is 0 Å². The fourth-order valence-electron chi connectivity index (χ4n) is 1.73. The Morgan fingerprint density at radius 2 is 1.95 bits per heavy atom. The van der Waals surface area contributed by atoms with Gasteiger partial charge in [-0.25, -0.2) is 4.79 Å². The summed E-state index contributed by atoms with van der Waals surface area (Å²) in [5, 5.41) is 2.39. The van der Waals surface area contributed by atoms with E-state index in [-0.39, 0.29) is 6.54 Å². The topological polar surface area (TPSA) is 96.0 Å². The van der Waals surface area contributed by atoms with Gasteiger partial charge in [-0.1, -0.05) is 0 Å². The maximum atomic E-state index is 11.7. The highest BCUT2D eigenvalue weighted by Gasteiger charge is 2.33. The molecule has 0 bridgehead atoms. The zero-order chi connectivity index (χ0) is 14.6. The van der Waals surface area contributed by atoms with Crippen LogP contribution in [0.1, 0.15) is 6.92 Å². The van der Waals surface area contributed by atoms with E-state index < -0.39 is 29.7 Å². The van der Waals surface area contributed by atoms with E-state index in [1.54, 1.807) is 0 Å². The quantitative estimate of drug-likeness (QED) is 0.469. The number of amides is 3. The Morgan fingerprint density at radius 1 is 1.32 bits per heavy atom. The number of esters is 1. The lowest BCUT2D eigenvalue weighted by Gasteiger charge is -2.33. The summed E-state index contributed by atoms with van der Waals surface area (Å²) in [6.07, 6.45) is 0. The second-order valence-electron chi connectivity index (χ2n) is 4.25. The van der Waals surface area contributed by atoms with Crippen molar-refractivity contribution in [1.82, 2.24) is 15.1 Å². The first-order valence-corrected chi connectivity index (χ1v) is 5.76. The van der Waals surface area contributed by atoms with Crippen molar-refractivity contribution in [2.75, 3.05) is 33.8 Å². The standard InChI is InChI=1S/C11H17N3O5/c1-7(15)12-8(11(18)19-3)6-14-5-4-13(2)9(16)10(14)17/h8H,4-6H2,1-3H3,(H,12,15). The normalized spacial score (nSPS) is 17.2. The molecule has 1 aliphatic heterocycles. The summed E-state index contributed by atoms with van der Waals surface area (Å²) in [6.45, 7) is 1.88. The molecule has 1 unspecified atom stereocenters. The summed E-state index contributed by atoms with van der Waals surface area (Å²) in [7, 11) is 2.72. The summed E-state index contributed by atoms with van der Waals surface area (Å²) in [4.78, 5) is 48.3. The van der Waals surface area contributed by atoms with Crippen LogP contribution in [0.3, 0.4) is 0 Å². The highest BCUT2D eigenvalue weighted by Crippen LogP contribution is 2.05. The van der Waals surface area contributed by atoms with Gasteiger partial charge in [0.15, 0.2) is 0 Å². The van der Waals surface area contributed by atoms with Gasteiger partial charge < -0.3 is 19.9 Å². The zero-order valence-electron chi connectivity index (χ0n) is 11.1. The van der Waals surface area contributed by atoms with Gasteiger partial charge in [0.25, 0.3) is 0 Å². The molecule has 1 fully saturated rings. The molecule has 1 rings (SSSR count). The van der Waals surface area contributed by atoms with Gasteiger partial charge in [0, 0.05) is 27.1 Å². The molecule has 0 aromatic carbocycles. The van der Waals surface area contributed by atoms with E-state index in [2.05, 4.69) is 10.1 Å². The Balaban J connectivity index is 2.73. The summed E-state index contributed by atoms with van der Waals surface area (Å²) in [5.41, 5.74) is 0. The summed E-state index contributed by atoms with van der Waals surface area (Å²) >= 11 is 0. The highest BCUT2D eigenvalue weighted by atomic mass is 16.5. The van der Waals surface area contributed by atoms with Gasteiger partial charge in [0.1, 0.15) is 6.04 Å². The molecule has 1 saturated heterocycles. The Bertz CT molecular complexity index is 409. The number of methoxy groups -OCH3 is 1. The fourth-order valence-corrected chi connectivity index (χ4v) is 1.73. The smallest absolute Gasteiger partial charge is 0.330 e. The summed E-state index contributed by atoms with van der Waals surface area (Å²) in [6, 6.07) is -0.970. The molecule has 8 heteroatoms. The average molecular weight is 271 g/mol. The molecular formula is C11H17N3O5. The lowest BCUT2D eigenvalue weighted by molar-refractivity contribution is -0.156. The van der Waals surface area contributed by atoms with Crippen LogP contribution in [-0.4, -0.2) is 73.3 Å². The van der Waals surface area contributed by atoms with Gasteiger partial charge in [0.2, 0.25) is 5.91 Å². The molecule has 0 saturated carbocycles. The number of ether oxygens (including phenoxy) is 1. The van der Waals surface area contributed by atoms with Gasteiger partial charge in [-0.05, 0) is 0 Å². The number of hydrogen-bond donors (Lipinski definition) is 1. The van der Waals surface area contributed by atoms with Crippen LogP contribution in [0.25, 0.3) is 0 Å². The number of hydrogen-bond acceptors (Lipinski definition) is 5. The van der Waals surface area contributed by atoms with Crippen molar-refractivity contribution >= 4 is 23.7 Å². The van der Waals surface area contributed by atoms with Gasteiger partial charge in [0.05, 0.1) is 13.7 Å². The lowest BCUT2D eigenvalue weighted by atomic mass is 10.2. The van der Waals surface area contributed by atoms with Crippen molar-refractivity contribution in [2.24, 2.45) is 0 Å². The van der Waals surface area contributed by atoms with Gasteiger partial charge in [-0.3, -0.25) is 14.4 Å². The first-order valence-electron chi connectivity index (χ1n) is 5.76. The Morgan fingerprint density at radius 3 is 2.47 bits per heavy atom. The van der Waals surface area contributed by atoms with Crippen LogP contribution in [0.4, 0.5) is 0 Å². The maximum Gasteiger partial charge on any atom is 0.330 e. The first kappa shape index (κ1) is 14.9. The highest BCUT2D eigenvalue weighted by molar-refractivity contribution is 6.35. The molecule has 19 heavy (non-hydrogen) atoms. The number of carbonyl (C=O) groups is 4. The Hall–Kier alpha value is -2.12. The van der Waals surface area contributed by atoms with E-state index in [9.17, 15) is 19.2 Å². The van der Waals surface area contributed by atoms with Crippen molar-refractivity contribution in [1.29, 1.82) is 0 Å². The minimum atomic E-state index is -0.970. The van der Waals surface area contributed by atoms with Crippen molar-refractivity contribution in [3.8, 4) is 0 Å². The molecule has 1 heterocycles. The Kier molecular flexibility index (Phi) is 4.85. The molecule has 0 radical (unpaired) electrons. The molecule has 106 valence electrons. The third-order valence-corrected chi connectivity index (χ3v) is 2.79. The third-order valence-electron chi connectivity index (χ3n) is 2.79. The third kappa shape index (κ3) is 3.67. The van der Waals surface area contributed by atoms with Gasteiger partial charge in [-0.15, -0.1) is 0 Å². The predicted octanol–water partition coefficient (Wildman–Crippen LogP) is -2.04. The minimum absolute atomic E-state index is 0.0787. The lowest BCUT2D eigenvalue weighted by Crippen LogP contribution is -2.57. The SMILES string of the molecule is COC(=O)C(CN1CCN(C)C(=O)C1=O)NC(C)=O. The van der Waals surface area contributed by atoms with Crippen molar-refractivity contribution in [3.63, 3.8) is 0 Å². The van der Waals surface area contributed by atoms with Crippen LogP contribution in [0.2, 0.25) is 0 Å². The van der Waals surface area contributed by atoms with E-state index in [0.29, 0.717) is 13.1 Å². The number of nitrogens with one attached hydrogen (secondary N) is 1. The van der Waals surface area contributed by atoms with Crippen molar-refractivity contribution in [3.05, 3.63) is 0 Å². The van der Waals surface area contributed by atoms with Crippen LogP contribution in [-0.2, 0) is 23.9 Å². The molecule has 1 N–H and O–H groups in total. The number of rotatable bonds is 4. The van der Waals surface area contributed by atoms with E-state index in [4.69, 9.17) is 0 Å². The predicted molar refractivity (Wildman–Crippen MR) is 63.8 cm³/mol. The van der Waals surface area contributed by atoms with Crippen LogP contribution in [0.5, 0.6) is 0 Å². The molecule has 0 aromatic heterocycles. The average Bonchev–Trinajstić information content (AvgIpc) is 2.37. The van der Waals surface area contributed by atoms with Crippen LogP contribution in [0, 0.1) is 0 Å². The number of piperazine rings is 1. The Labute approximate surface area is 110 Å². The molecule has 0 aromatic rings. The second kappa shape index (κ2) is 6.17. The van der Waals surface area contributed by atoms with E-state index in [1.165, 1.54) is 30.9 Å². The maximum absolute atomic E-state index is 11.7. The van der Waals surface area contributed by atoms with Crippen molar-refractivity contribution in [2.45, 2.75) is 13.0 Å². The largest absolute Gasteiger partial charge is 0.467 e. The zero-order valence-corrected chi connectivity index (χ0v) is 11.1. The molecule has 0 aliphatic carbocycles. The summed E-state index contributed by atoms with van der Waals surface area (Å²) in [5.74, 6) is -2.39.